The summed E-state index contributed by atoms with van der Waals surface area (Å²) in [6.07, 6.45) is 2.62. The Bertz CT molecular complexity index is 147. The highest BCUT2D eigenvalue weighted by Gasteiger charge is 2.32. The summed E-state index contributed by atoms with van der Waals surface area (Å²) in [5, 5.41) is 0.598. The normalized spacial score (nSPS) is 43.5. The monoisotopic (exact) mass is 187 g/mol. The van der Waals surface area contributed by atoms with Crippen molar-refractivity contribution in [1.29, 1.82) is 0 Å². The van der Waals surface area contributed by atoms with Crippen LogP contribution in [0.1, 0.15) is 26.7 Å². The van der Waals surface area contributed by atoms with Crippen LogP contribution in [0, 0.1) is 11.8 Å². The van der Waals surface area contributed by atoms with E-state index in [2.05, 4.69) is 45.5 Å². The predicted molar refractivity (Wildman–Crippen MR) is 57.8 cm³/mol. The number of nitrogens with zero attached hydrogens (tertiary/aromatic N) is 1. The van der Waals surface area contributed by atoms with Gasteiger partial charge in [-0.15, -0.1) is 0 Å². The number of thiol groups is 1. The Morgan fingerprint density at radius 3 is 2.25 bits per heavy atom. The van der Waals surface area contributed by atoms with Crippen LogP contribution in [0.2, 0.25) is 0 Å². The summed E-state index contributed by atoms with van der Waals surface area (Å²) in [4.78, 5) is 2.35. The maximum absolute atomic E-state index is 4.64. The van der Waals surface area contributed by atoms with E-state index in [4.69, 9.17) is 0 Å². The molecule has 1 rings (SSSR count). The van der Waals surface area contributed by atoms with Gasteiger partial charge in [0, 0.05) is 11.3 Å². The van der Waals surface area contributed by atoms with Gasteiger partial charge < -0.3 is 4.90 Å². The molecular formula is C10H21NS. The van der Waals surface area contributed by atoms with Gasteiger partial charge >= 0.3 is 0 Å². The molecule has 1 saturated carbocycles. The minimum atomic E-state index is 0.598. The van der Waals surface area contributed by atoms with Crippen molar-refractivity contribution >= 4 is 12.6 Å². The highest BCUT2D eigenvalue weighted by atomic mass is 32.1. The van der Waals surface area contributed by atoms with Crippen LogP contribution < -0.4 is 0 Å². The molecule has 12 heavy (non-hydrogen) atoms. The molecule has 0 radical (unpaired) electrons. The number of hydrogen-bond donors (Lipinski definition) is 1. The molecule has 1 aliphatic carbocycles. The van der Waals surface area contributed by atoms with Crippen molar-refractivity contribution in [1.82, 2.24) is 4.90 Å². The van der Waals surface area contributed by atoms with Crippen molar-refractivity contribution in [3.63, 3.8) is 0 Å². The summed E-state index contributed by atoms with van der Waals surface area (Å²) >= 11 is 4.64. The molecule has 0 aromatic heterocycles. The van der Waals surface area contributed by atoms with E-state index < -0.39 is 0 Å². The predicted octanol–water partition coefficient (Wildman–Crippen LogP) is 2.28. The number of rotatable bonds is 1. The van der Waals surface area contributed by atoms with Crippen LogP contribution in [0.5, 0.6) is 0 Å². The topological polar surface area (TPSA) is 3.24 Å². The van der Waals surface area contributed by atoms with Crippen LogP contribution in [0.4, 0.5) is 0 Å². The van der Waals surface area contributed by atoms with Crippen molar-refractivity contribution < 1.29 is 0 Å². The molecule has 3 unspecified atom stereocenters. The van der Waals surface area contributed by atoms with Gasteiger partial charge in [-0.3, -0.25) is 0 Å². The Hall–Kier alpha value is 0.310. The zero-order valence-electron chi connectivity index (χ0n) is 8.62. The Morgan fingerprint density at radius 1 is 1.17 bits per heavy atom. The zero-order valence-corrected chi connectivity index (χ0v) is 9.51. The largest absolute Gasteiger partial charge is 0.306 e. The second-order valence-corrected chi connectivity index (χ2v) is 5.20. The fourth-order valence-electron chi connectivity index (χ4n) is 2.29. The lowest BCUT2D eigenvalue weighted by Crippen LogP contribution is -2.43. The first-order valence-corrected chi connectivity index (χ1v) is 5.38. The van der Waals surface area contributed by atoms with E-state index in [0.717, 1.165) is 17.9 Å². The minimum Gasteiger partial charge on any atom is -0.306 e. The second kappa shape index (κ2) is 4.01. The SMILES string of the molecule is CC1CC(S)[C@@H](C)C(N(C)C)C1. The molecular weight excluding hydrogens is 166 g/mol. The van der Waals surface area contributed by atoms with Gasteiger partial charge in [0.25, 0.3) is 0 Å². The average molecular weight is 187 g/mol. The van der Waals surface area contributed by atoms with E-state index in [1.165, 1.54) is 12.8 Å². The summed E-state index contributed by atoms with van der Waals surface area (Å²) in [7, 11) is 4.36. The van der Waals surface area contributed by atoms with Gasteiger partial charge in [-0.25, -0.2) is 0 Å². The molecule has 0 spiro atoms. The molecule has 1 nitrogen and oxygen atoms in total. The second-order valence-electron chi connectivity index (χ2n) is 4.53. The molecule has 0 aliphatic heterocycles. The van der Waals surface area contributed by atoms with Crippen LogP contribution >= 0.6 is 12.6 Å². The fourth-order valence-corrected chi connectivity index (χ4v) is 2.85. The number of hydrogen-bond acceptors (Lipinski definition) is 2. The molecule has 0 N–H and O–H groups in total. The lowest BCUT2D eigenvalue weighted by Gasteiger charge is -2.40. The molecule has 0 bridgehead atoms. The zero-order chi connectivity index (χ0) is 9.30. The summed E-state index contributed by atoms with van der Waals surface area (Å²) < 4.78 is 0. The Kier molecular flexibility index (Phi) is 3.47. The van der Waals surface area contributed by atoms with Crippen molar-refractivity contribution in [2.24, 2.45) is 11.8 Å². The van der Waals surface area contributed by atoms with E-state index >= 15 is 0 Å². The molecule has 0 saturated heterocycles. The third-order valence-electron chi connectivity index (χ3n) is 3.16. The first-order chi connectivity index (χ1) is 5.52. The van der Waals surface area contributed by atoms with Gasteiger partial charge in [0.15, 0.2) is 0 Å². The molecule has 0 amide bonds. The standard InChI is InChI=1S/C10H21NS/c1-7-5-9(11(3)4)8(2)10(12)6-7/h7-10,12H,5-6H2,1-4H3/t7?,8-,9?,10?/m0/s1. The van der Waals surface area contributed by atoms with E-state index in [1.54, 1.807) is 0 Å². The van der Waals surface area contributed by atoms with E-state index in [0.29, 0.717) is 5.25 Å². The van der Waals surface area contributed by atoms with E-state index in [1.807, 2.05) is 0 Å². The Labute approximate surface area is 81.9 Å². The molecule has 4 atom stereocenters. The first-order valence-electron chi connectivity index (χ1n) is 4.87. The van der Waals surface area contributed by atoms with Crippen molar-refractivity contribution in [2.45, 2.75) is 38.0 Å². The highest BCUT2D eigenvalue weighted by Crippen LogP contribution is 2.34. The van der Waals surface area contributed by atoms with Gasteiger partial charge in [-0.2, -0.15) is 12.6 Å². The molecule has 0 heterocycles. The van der Waals surface area contributed by atoms with Crippen LogP contribution in [0.25, 0.3) is 0 Å². The van der Waals surface area contributed by atoms with Gasteiger partial charge in [0.2, 0.25) is 0 Å². The van der Waals surface area contributed by atoms with Crippen LogP contribution in [0.3, 0.4) is 0 Å². The summed E-state index contributed by atoms with van der Waals surface area (Å²) in [6.45, 7) is 4.67. The van der Waals surface area contributed by atoms with E-state index in [9.17, 15) is 0 Å². The van der Waals surface area contributed by atoms with Gasteiger partial charge in [-0.05, 0) is 38.8 Å². The maximum atomic E-state index is 4.64. The van der Waals surface area contributed by atoms with Crippen molar-refractivity contribution in [3.8, 4) is 0 Å². The van der Waals surface area contributed by atoms with Gasteiger partial charge in [0.05, 0.1) is 0 Å². The van der Waals surface area contributed by atoms with Crippen LogP contribution in [-0.4, -0.2) is 30.3 Å². The Morgan fingerprint density at radius 2 is 1.75 bits per heavy atom. The highest BCUT2D eigenvalue weighted by molar-refractivity contribution is 7.81. The smallest absolute Gasteiger partial charge is 0.0128 e. The van der Waals surface area contributed by atoms with Crippen LogP contribution in [-0.2, 0) is 0 Å². The minimum absolute atomic E-state index is 0.598. The molecule has 0 aromatic carbocycles. The molecule has 0 aromatic rings. The quantitative estimate of drug-likeness (QED) is 0.616. The van der Waals surface area contributed by atoms with Crippen LogP contribution in [0.15, 0.2) is 0 Å². The first kappa shape index (κ1) is 10.4. The molecule has 1 fully saturated rings. The summed E-state index contributed by atoms with van der Waals surface area (Å²) in [6, 6.07) is 0.733. The Balaban J connectivity index is 2.60. The molecule has 1 aliphatic rings. The lowest BCUT2D eigenvalue weighted by atomic mass is 9.79. The summed E-state index contributed by atoms with van der Waals surface area (Å²) in [5.41, 5.74) is 0. The van der Waals surface area contributed by atoms with Gasteiger partial charge in [-0.1, -0.05) is 13.8 Å². The summed E-state index contributed by atoms with van der Waals surface area (Å²) in [5.74, 6) is 1.58. The molecule has 2 heteroatoms. The fraction of sp³-hybridized carbons (Fsp3) is 1.00. The van der Waals surface area contributed by atoms with Crippen molar-refractivity contribution in [2.75, 3.05) is 14.1 Å². The lowest BCUT2D eigenvalue weighted by molar-refractivity contribution is 0.143. The maximum Gasteiger partial charge on any atom is 0.0128 e. The third-order valence-corrected chi connectivity index (χ3v) is 3.85. The van der Waals surface area contributed by atoms with Gasteiger partial charge in [0.1, 0.15) is 0 Å². The average Bonchev–Trinajstić information content (AvgIpc) is 1.96. The molecule has 72 valence electrons. The van der Waals surface area contributed by atoms with Crippen molar-refractivity contribution in [3.05, 3.63) is 0 Å². The third kappa shape index (κ3) is 2.17. The van der Waals surface area contributed by atoms with E-state index in [-0.39, 0.29) is 0 Å².